The van der Waals surface area contributed by atoms with Gasteiger partial charge in [0.2, 0.25) is 5.91 Å². The number of likely N-dealkylation sites (tertiary alicyclic amines) is 1. The van der Waals surface area contributed by atoms with Crippen LogP contribution in [0.1, 0.15) is 18.5 Å². The van der Waals surface area contributed by atoms with Crippen LogP contribution in [0.25, 0.3) is 0 Å². The predicted molar refractivity (Wildman–Crippen MR) is 90.7 cm³/mol. The molecule has 0 bridgehead atoms. The summed E-state index contributed by atoms with van der Waals surface area (Å²) in [5, 5.41) is 7.71. The van der Waals surface area contributed by atoms with Gasteiger partial charge in [-0.05, 0) is 25.0 Å². The van der Waals surface area contributed by atoms with Crippen LogP contribution < -0.4 is 10.6 Å². The molecular weight excluding hydrogens is 312 g/mol. The van der Waals surface area contributed by atoms with E-state index >= 15 is 0 Å². The molecule has 1 aromatic heterocycles. The maximum Gasteiger partial charge on any atom is 0.325 e. The largest absolute Gasteiger partial charge is 0.342 e. The summed E-state index contributed by atoms with van der Waals surface area (Å²) in [6.45, 7) is 1.68. The van der Waals surface area contributed by atoms with Crippen molar-refractivity contribution in [2.45, 2.75) is 19.3 Å². The Kier molecular flexibility index (Phi) is 4.87. The number of rotatable bonds is 4. The van der Waals surface area contributed by atoms with Gasteiger partial charge in [0.25, 0.3) is 0 Å². The summed E-state index contributed by atoms with van der Waals surface area (Å²) in [5.74, 6) is 0.105. The number of para-hydroxylation sites is 1. The summed E-state index contributed by atoms with van der Waals surface area (Å²) in [5.41, 5.74) is 1.41. The van der Waals surface area contributed by atoms with Gasteiger partial charge in [0, 0.05) is 24.2 Å². The highest BCUT2D eigenvalue weighted by Crippen LogP contribution is 2.18. The van der Waals surface area contributed by atoms with E-state index in [0.717, 1.165) is 25.9 Å². The normalized spacial score (nSPS) is 13.8. The summed E-state index contributed by atoms with van der Waals surface area (Å²) in [7, 11) is 0. The molecule has 0 aliphatic carbocycles. The van der Waals surface area contributed by atoms with Crippen molar-refractivity contribution in [1.82, 2.24) is 9.88 Å². The first-order valence-corrected chi connectivity index (χ1v) is 8.44. The minimum atomic E-state index is -0.344. The van der Waals surface area contributed by atoms with Crippen molar-refractivity contribution in [2.75, 3.05) is 23.7 Å². The van der Waals surface area contributed by atoms with Gasteiger partial charge in [-0.2, -0.15) is 0 Å². The third kappa shape index (κ3) is 4.29. The van der Waals surface area contributed by atoms with E-state index in [1.54, 1.807) is 0 Å². The first-order valence-electron chi connectivity index (χ1n) is 7.56. The Labute approximate surface area is 138 Å². The Morgan fingerprint density at radius 1 is 1.13 bits per heavy atom. The van der Waals surface area contributed by atoms with E-state index in [9.17, 15) is 9.59 Å². The van der Waals surface area contributed by atoms with Gasteiger partial charge in [-0.25, -0.2) is 9.78 Å². The number of nitrogens with one attached hydrogen (secondary N) is 2. The van der Waals surface area contributed by atoms with Gasteiger partial charge < -0.3 is 10.2 Å². The second-order valence-corrected chi connectivity index (χ2v) is 6.21. The van der Waals surface area contributed by atoms with Gasteiger partial charge in [0.05, 0.1) is 12.1 Å². The maximum absolute atomic E-state index is 12.1. The third-order valence-electron chi connectivity index (χ3n) is 3.59. The van der Waals surface area contributed by atoms with Crippen molar-refractivity contribution in [2.24, 2.45) is 0 Å². The van der Waals surface area contributed by atoms with Gasteiger partial charge in [-0.3, -0.25) is 10.1 Å². The van der Waals surface area contributed by atoms with Crippen LogP contribution in [0.2, 0.25) is 0 Å². The summed E-state index contributed by atoms with van der Waals surface area (Å²) < 4.78 is 0. The number of aromatic nitrogens is 1. The number of carbonyl (C=O) groups is 2. The van der Waals surface area contributed by atoms with Crippen LogP contribution in [0.15, 0.2) is 35.7 Å². The molecule has 0 radical (unpaired) electrons. The molecule has 23 heavy (non-hydrogen) atoms. The van der Waals surface area contributed by atoms with Gasteiger partial charge in [-0.15, -0.1) is 11.3 Å². The number of hydrogen-bond acceptors (Lipinski definition) is 4. The van der Waals surface area contributed by atoms with E-state index in [1.165, 1.54) is 11.3 Å². The Hall–Kier alpha value is -2.41. The van der Waals surface area contributed by atoms with E-state index < -0.39 is 0 Å². The lowest BCUT2D eigenvalue weighted by molar-refractivity contribution is -0.129. The zero-order chi connectivity index (χ0) is 16.1. The SMILES string of the molecule is O=C(Nc1ccccc1)Nc1nc(CC(=O)N2CCCC2)cs1. The molecule has 2 aromatic rings. The number of thiazole rings is 1. The molecule has 1 fully saturated rings. The van der Waals surface area contributed by atoms with Crippen molar-refractivity contribution < 1.29 is 9.59 Å². The molecule has 2 heterocycles. The van der Waals surface area contributed by atoms with E-state index in [0.29, 0.717) is 22.9 Å². The number of amides is 3. The molecule has 120 valence electrons. The number of urea groups is 1. The summed E-state index contributed by atoms with van der Waals surface area (Å²) in [4.78, 5) is 30.1. The lowest BCUT2D eigenvalue weighted by Gasteiger charge is -2.13. The number of benzene rings is 1. The van der Waals surface area contributed by atoms with Crippen molar-refractivity contribution in [3.8, 4) is 0 Å². The Balaban J connectivity index is 1.52. The number of hydrogen-bond donors (Lipinski definition) is 2. The number of nitrogens with zero attached hydrogens (tertiary/aromatic N) is 2. The Morgan fingerprint density at radius 3 is 2.61 bits per heavy atom. The highest BCUT2D eigenvalue weighted by molar-refractivity contribution is 7.13. The zero-order valence-corrected chi connectivity index (χ0v) is 13.4. The van der Waals surface area contributed by atoms with Crippen LogP contribution in [-0.2, 0) is 11.2 Å². The van der Waals surface area contributed by atoms with Crippen LogP contribution in [0.5, 0.6) is 0 Å². The lowest BCUT2D eigenvalue weighted by atomic mass is 10.3. The first-order chi connectivity index (χ1) is 11.2. The maximum atomic E-state index is 12.1. The van der Waals surface area contributed by atoms with Gasteiger partial charge in [-0.1, -0.05) is 18.2 Å². The minimum Gasteiger partial charge on any atom is -0.342 e. The molecule has 2 N–H and O–H groups in total. The molecule has 1 aliphatic rings. The molecule has 0 saturated carbocycles. The fourth-order valence-corrected chi connectivity index (χ4v) is 3.17. The zero-order valence-electron chi connectivity index (χ0n) is 12.6. The standard InChI is InChI=1S/C16H18N4O2S/c21-14(20-8-4-5-9-20)10-13-11-23-16(18-13)19-15(22)17-12-6-2-1-3-7-12/h1-3,6-7,11H,4-5,8-10H2,(H2,17,18,19,22). The van der Waals surface area contributed by atoms with Crippen LogP contribution in [0, 0.1) is 0 Å². The van der Waals surface area contributed by atoms with Gasteiger partial charge in [0.1, 0.15) is 0 Å². The molecular formula is C16H18N4O2S. The smallest absolute Gasteiger partial charge is 0.325 e. The Morgan fingerprint density at radius 2 is 1.87 bits per heavy atom. The average molecular weight is 330 g/mol. The van der Waals surface area contributed by atoms with E-state index in [1.807, 2.05) is 40.6 Å². The van der Waals surface area contributed by atoms with Crippen LogP contribution in [0.3, 0.4) is 0 Å². The molecule has 0 unspecified atom stereocenters. The van der Waals surface area contributed by atoms with Gasteiger partial charge in [0.15, 0.2) is 5.13 Å². The van der Waals surface area contributed by atoms with E-state index in [4.69, 9.17) is 0 Å². The second-order valence-electron chi connectivity index (χ2n) is 5.35. The molecule has 7 heteroatoms. The van der Waals surface area contributed by atoms with E-state index in [2.05, 4.69) is 15.6 Å². The molecule has 3 amide bonds. The van der Waals surface area contributed by atoms with Crippen LogP contribution in [0.4, 0.5) is 15.6 Å². The molecule has 1 aliphatic heterocycles. The number of anilines is 2. The highest BCUT2D eigenvalue weighted by Gasteiger charge is 2.19. The molecule has 0 atom stereocenters. The van der Waals surface area contributed by atoms with Crippen molar-refractivity contribution in [3.05, 3.63) is 41.4 Å². The third-order valence-corrected chi connectivity index (χ3v) is 4.40. The fourth-order valence-electron chi connectivity index (χ4n) is 2.46. The average Bonchev–Trinajstić information content (AvgIpc) is 3.20. The summed E-state index contributed by atoms with van der Waals surface area (Å²) in [6.07, 6.45) is 2.45. The summed E-state index contributed by atoms with van der Waals surface area (Å²) in [6, 6.07) is 8.85. The monoisotopic (exact) mass is 330 g/mol. The Bertz CT molecular complexity index is 680. The van der Waals surface area contributed by atoms with Gasteiger partial charge >= 0.3 is 6.03 Å². The van der Waals surface area contributed by atoms with Crippen LogP contribution in [-0.4, -0.2) is 34.9 Å². The van der Waals surface area contributed by atoms with Crippen molar-refractivity contribution in [3.63, 3.8) is 0 Å². The van der Waals surface area contributed by atoms with Crippen LogP contribution >= 0.6 is 11.3 Å². The predicted octanol–water partition coefficient (Wildman–Crippen LogP) is 2.95. The first kappa shape index (κ1) is 15.5. The molecule has 6 nitrogen and oxygen atoms in total. The molecule has 1 aromatic carbocycles. The van der Waals surface area contributed by atoms with E-state index in [-0.39, 0.29) is 11.9 Å². The lowest BCUT2D eigenvalue weighted by Crippen LogP contribution is -2.29. The molecule has 0 spiro atoms. The summed E-state index contributed by atoms with van der Waals surface area (Å²) >= 11 is 1.32. The second kappa shape index (κ2) is 7.23. The topological polar surface area (TPSA) is 74.3 Å². The fraction of sp³-hybridized carbons (Fsp3) is 0.312. The highest BCUT2D eigenvalue weighted by atomic mass is 32.1. The quantitative estimate of drug-likeness (QED) is 0.905. The van der Waals surface area contributed by atoms with Crippen molar-refractivity contribution in [1.29, 1.82) is 0 Å². The number of carbonyl (C=O) groups excluding carboxylic acids is 2. The van der Waals surface area contributed by atoms with Crippen molar-refractivity contribution >= 4 is 34.1 Å². The molecule has 1 saturated heterocycles. The molecule has 3 rings (SSSR count). The minimum absolute atomic E-state index is 0.105.